The number of amides is 2. The van der Waals surface area contributed by atoms with E-state index in [9.17, 15) is 14.4 Å². The van der Waals surface area contributed by atoms with Crippen molar-refractivity contribution < 1.29 is 19.1 Å². The molecular formula is C25H20BrNO4. The third-order valence-electron chi connectivity index (χ3n) is 7.27. The SMILES string of the molecule is O=C(COc1cccc(N2C(=O)[C@@H]3[C@@H]4C=C[C@H]([C@@H]5C[C@H]45)[C@@H]3C2=O)c1)c1ccc(Br)cc1. The van der Waals surface area contributed by atoms with Crippen molar-refractivity contribution in [2.75, 3.05) is 11.5 Å². The number of ketones is 1. The molecule has 0 aromatic heterocycles. The van der Waals surface area contributed by atoms with E-state index < -0.39 is 0 Å². The van der Waals surface area contributed by atoms with Crippen molar-refractivity contribution in [3.63, 3.8) is 0 Å². The van der Waals surface area contributed by atoms with E-state index in [0.717, 1.165) is 10.9 Å². The summed E-state index contributed by atoms with van der Waals surface area (Å²) in [5, 5.41) is 0. The molecule has 1 heterocycles. The summed E-state index contributed by atoms with van der Waals surface area (Å²) in [4.78, 5) is 40.3. The van der Waals surface area contributed by atoms with Gasteiger partial charge in [0, 0.05) is 16.1 Å². The molecule has 6 atom stereocenters. The molecule has 156 valence electrons. The average molecular weight is 478 g/mol. The molecule has 2 aromatic carbocycles. The molecule has 4 aliphatic carbocycles. The number of benzene rings is 2. The zero-order valence-electron chi connectivity index (χ0n) is 16.6. The Labute approximate surface area is 188 Å². The fourth-order valence-electron chi connectivity index (χ4n) is 5.79. The highest BCUT2D eigenvalue weighted by atomic mass is 79.9. The third kappa shape index (κ3) is 2.92. The summed E-state index contributed by atoms with van der Waals surface area (Å²) in [7, 11) is 0. The first kappa shape index (κ1) is 19.0. The van der Waals surface area contributed by atoms with E-state index >= 15 is 0 Å². The zero-order chi connectivity index (χ0) is 21.3. The number of imide groups is 1. The largest absolute Gasteiger partial charge is 0.485 e. The van der Waals surface area contributed by atoms with Crippen LogP contribution in [0.2, 0.25) is 0 Å². The molecule has 0 radical (unpaired) electrons. The van der Waals surface area contributed by atoms with Crippen LogP contribution in [0.4, 0.5) is 5.69 Å². The predicted octanol–water partition coefficient (Wildman–Crippen LogP) is 4.27. The molecule has 2 aromatic rings. The summed E-state index contributed by atoms with van der Waals surface area (Å²) < 4.78 is 6.60. The maximum Gasteiger partial charge on any atom is 0.238 e. The van der Waals surface area contributed by atoms with Crippen LogP contribution in [0.25, 0.3) is 0 Å². The van der Waals surface area contributed by atoms with Crippen molar-refractivity contribution in [2.45, 2.75) is 6.42 Å². The van der Waals surface area contributed by atoms with Crippen LogP contribution < -0.4 is 9.64 Å². The molecule has 0 unspecified atom stereocenters. The summed E-state index contributed by atoms with van der Waals surface area (Å²) in [5.41, 5.74) is 1.08. The minimum absolute atomic E-state index is 0.0946. The van der Waals surface area contributed by atoms with E-state index in [-0.39, 0.29) is 47.9 Å². The molecule has 5 aliphatic rings. The van der Waals surface area contributed by atoms with Gasteiger partial charge in [-0.05, 0) is 54.4 Å². The standard InChI is InChI=1S/C25H20BrNO4/c26-14-6-4-13(5-7-14)21(28)12-31-16-3-1-2-15(10-16)27-24(29)22-17-8-9-18(20-11-19(17)20)23(22)25(27)30/h1-10,17-20,22-23H,11-12H2/t17-,18-,19-,20+,22-,23+/m1/s1. The van der Waals surface area contributed by atoms with E-state index in [4.69, 9.17) is 4.74 Å². The lowest BCUT2D eigenvalue weighted by Gasteiger charge is -2.37. The summed E-state index contributed by atoms with van der Waals surface area (Å²) in [6.07, 6.45) is 5.48. The summed E-state index contributed by atoms with van der Waals surface area (Å²) >= 11 is 3.35. The van der Waals surface area contributed by atoms with Gasteiger partial charge in [0.2, 0.25) is 11.8 Å². The highest BCUT2D eigenvalue weighted by Gasteiger charge is 2.67. The van der Waals surface area contributed by atoms with E-state index in [2.05, 4.69) is 28.1 Å². The van der Waals surface area contributed by atoms with E-state index in [1.54, 1.807) is 36.4 Å². The lowest BCUT2D eigenvalue weighted by molar-refractivity contribution is -0.124. The quantitative estimate of drug-likeness (QED) is 0.366. The van der Waals surface area contributed by atoms with Crippen LogP contribution in [0, 0.1) is 35.5 Å². The first-order chi connectivity index (χ1) is 15.0. The van der Waals surface area contributed by atoms with Gasteiger partial charge >= 0.3 is 0 Å². The van der Waals surface area contributed by atoms with Gasteiger partial charge in [-0.1, -0.05) is 46.3 Å². The maximum atomic E-state index is 13.3. The number of carbonyl (C=O) groups is 3. The number of nitrogens with zero attached hydrogens (tertiary/aromatic N) is 1. The van der Waals surface area contributed by atoms with Gasteiger partial charge in [0.25, 0.3) is 0 Å². The van der Waals surface area contributed by atoms with Crippen molar-refractivity contribution in [3.8, 4) is 5.75 Å². The highest BCUT2D eigenvalue weighted by Crippen LogP contribution is 2.65. The van der Waals surface area contributed by atoms with Crippen LogP contribution in [0.5, 0.6) is 5.75 Å². The van der Waals surface area contributed by atoms with Crippen LogP contribution in [-0.2, 0) is 9.59 Å². The first-order valence-corrected chi connectivity index (χ1v) is 11.4. The molecule has 5 nitrogen and oxygen atoms in total. The molecule has 2 amide bonds. The maximum absolute atomic E-state index is 13.3. The summed E-state index contributed by atoms with van der Waals surface area (Å²) in [5.74, 6) is 1.23. The minimum Gasteiger partial charge on any atom is -0.485 e. The Bertz CT molecular complexity index is 1100. The van der Waals surface area contributed by atoms with Gasteiger partial charge in [-0.25, -0.2) is 4.90 Å². The number of halogens is 1. The van der Waals surface area contributed by atoms with E-state index in [1.165, 1.54) is 4.90 Å². The number of anilines is 1. The number of carbonyl (C=O) groups excluding carboxylic acids is 3. The Balaban J connectivity index is 1.20. The van der Waals surface area contributed by atoms with Crippen molar-refractivity contribution in [1.82, 2.24) is 0 Å². The zero-order valence-corrected chi connectivity index (χ0v) is 18.2. The van der Waals surface area contributed by atoms with E-state index in [1.807, 2.05) is 12.1 Å². The van der Waals surface area contributed by atoms with Gasteiger partial charge in [0.05, 0.1) is 17.5 Å². The monoisotopic (exact) mass is 477 g/mol. The van der Waals surface area contributed by atoms with Gasteiger partial charge in [-0.3, -0.25) is 14.4 Å². The molecule has 2 bridgehead atoms. The molecule has 31 heavy (non-hydrogen) atoms. The predicted molar refractivity (Wildman–Crippen MR) is 118 cm³/mol. The number of rotatable bonds is 5. The Morgan fingerprint density at radius 2 is 1.61 bits per heavy atom. The Morgan fingerprint density at radius 1 is 0.968 bits per heavy atom. The molecule has 0 spiro atoms. The van der Waals surface area contributed by atoms with Crippen molar-refractivity contribution in [2.24, 2.45) is 35.5 Å². The van der Waals surface area contributed by atoms with Gasteiger partial charge in [-0.15, -0.1) is 0 Å². The second kappa shape index (κ2) is 6.89. The molecule has 2 saturated carbocycles. The normalized spacial score (nSPS) is 32.1. The molecule has 1 saturated heterocycles. The number of hydrogen-bond acceptors (Lipinski definition) is 4. The molecule has 0 N–H and O–H groups in total. The summed E-state index contributed by atoms with van der Waals surface area (Å²) in [6, 6.07) is 14.0. The average Bonchev–Trinajstić information content (AvgIpc) is 3.56. The molecule has 7 rings (SSSR count). The molecule has 1 aliphatic heterocycles. The van der Waals surface area contributed by atoms with Crippen molar-refractivity contribution in [1.29, 1.82) is 0 Å². The minimum atomic E-state index is -0.227. The lowest BCUT2D eigenvalue weighted by atomic mass is 9.63. The van der Waals surface area contributed by atoms with Crippen LogP contribution in [0.3, 0.4) is 0 Å². The second-order valence-electron chi connectivity index (χ2n) is 8.88. The number of hydrogen-bond donors (Lipinski definition) is 0. The fourth-order valence-corrected chi connectivity index (χ4v) is 6.06. The number of Topliss-reactive ketones (excluding diaryl/α,β-unsaturated/α-hetero) is 1. The van der Waals surface area contributed by atoms with Crippen LogP contribution >= 0.6 is 15.9 Å². The highest BCUT2D eigenvalue weighted by molar-refractivity contribution is 9.10. The Morgan fingerprint density at radius 3 is 2.26 bits per heavy atom. The van der Waals surface area contributed by atoms with Crippen LogP contribution in [0.15, 0.2) is 65.2 Å². The molecule has 3 fully saturated rings. The van der Waals surface area contributed by atoms with Gasteiger partial charge < -0.3 is 4.74 Å². The molecular weight excluding hydrogens is 458 g/mol. The smallest absolute Gasteiger partial charge is 0.238 e. The number of allylic oxidation sites excluding steroid dienone is 2. The molecule has 6 heteroatoms. The van der Waals surface area contributed by atoms with Crippen LogP contribution in [-0.4, -0.2) is 24.2 Å². The number of ether oxygens (including phenoxy) is 1. The second-order valence-corrected chi connectivity index (χ2v) is 9.80. The van der Waals surface area contributed by atoms with Crippen LogP contribution in [0.1, 0.15) is 16.8 Å². The van der Waals surface area contributed by atoms with E-state index in [0.29, 0.717) is 28.8 Å². The van der Waals surface area contributed by atoms with Gasteiger partial charge in [0.15, 0.2) is 12.4 Å². The Kier molecular flexibility index (Phi) is 4.22. The third-order valence-corrected chi connectivity index (χ3v) is 7.80. The topological polar surface area (TPSA) is 63.7 Å². The van der Waals surface area contributed by atoms with Gasteiger partial charge in [-0.2, -0.15) is 0 Å². The first-order valence-electron chi connectivity index (χ1n) is 10.6. The summed E-state index contributed by atoms with van der Waals surface area (Å²) in [6.45, 7) is -0.115. The fraction of sp³-hybridized carbons (Fsp3) is 0.320. The van der Waals surface area contributed by atoms with Crippen molar-refractivity contribution in [3.05, 3.63) is 70.7 Å². The lowest BCUT2D eigenvalue weighted by Crippen LogP contribution is -2.40. The Hall–Kier alpha value is -2.73. The van der Waals surface area contributed by atoms with Gasteiger partial charge in [0.1, 0.15) is 5.75 Å². The van der Waals surface area contributed by atoms with Crippen molar-refractivity contribution >= 4 is 39.2 Å².